The average Bonchev–Trinajstić information content (AvgIpc) is 2.67. The van der Waals surface area contributed by atoms with E-state index < -0.39 is 0 Å². The normalized spacial score (nSPS) is 10.6. The number of hydrogen-bond acceptors (Lipinski definition) is 4. The van der Waals surface area contributed by atoms with Crippen LogP contribution in [-0.2, 0) is 16.0 Å². The van der Waals surface area contributed by atoms with Gasteiger partial charge in [0.25, 0.3) is 0 Å². The molecule has 15 heavy (non-hydrogen) atoms. The van der Waals surface area contributed by atoms with Gasteiger partial charge in [-0.05, 0) is 13.8 Å². The Morgan fingerprint density at radius 1 is 1.67 bits per heavy atom. The molecule has 0 aromatic carbocycles. The van der Waals surface area contributed by atoms with Gasteiger partial charge in [0.1, 0.15) is 6.61 Å². The van der Waals surface area contributed by atoms with Crippen LogP contribution in [0.4, 0.5) is 0 Å². The lowest BCUT2D eigenvalue weighted by Gasteiger charge is -2.07. The van der Waals surface area contributed by atoms with Crippen molar-refractivity contribution in [1.29, 1.82) is 0 Å². The Hall–Kier alpha value is -0.940. The predicted molar refractivity (Wildman–Crippen MR) is 59.9 cm³/mol. The summed E-state index contributed by atoms with van der Waals surface area (Å²) in [5, 5.41) is 5.75. The summed E-state index contributed by atoms with van der Waals surface area (Å²) >= 11 is 1.60. The molecule has 4 nitrogen and oxygen atoms in total. The van der Waals surface area contributed by atoms with Crippen molar-refractivity contribution in [3.63, 3.8) is 0 Å². The van der Waals surface area contributed by atoms with Crippen LogP contribution in [0.5, 0.6) is 0 Å². The minimum Gasteiger partial charge on any atom is -0.369 e. The van der Waals surface area contributed by atoms with Gasteiger partial charge in [0.05, 0.1) is 11.1 Å². The zero-order valence-electron chi connectivity index (χ0n) is 9.03. The molecule has 0 aliphatic rings. The molecule has 0 saturated carbocycles. The van der Waals surface area contributed by atoms with Gasteiger partial charge < -0.3 is 10.1 Å². The standard InChI is InChI=1S/C10H16N2O2S/c1-8(2)14-7-9(13)11-4-3-10-12-5-6-15-10/h5-6,8H,3-4,7H2,1-2H3,(H,11,13). The lowest BCUT2D eigenvalue weighted by Crippen LogP contribution is -2.30. The minimum atomic E-state index is -0.0692. The van der Waals surface area contributed by atoms with E-state index in [2.05, 4.69) is 10.3 Å². The van der Waals surface area contributed by atoms with E-state index in [1.54, 1.807) is 17.5 Å². The summed E-state index contributed by atoms with van der Waals surface area (Å²) in [6.45, 7) is 4.56. The van der Waals surface area contributed by atoms with E-state index in [1.165, 1.54) is 0 Å². The fourth-order valence-corrected chi connectivity index (χ4v) is 1.60. The monoisotopic (exact) mass is 228 g/mol. The van der Waals surface area contributed by atoms with Crippen molar-refractivity contribution in [3.05, 3.63) is 16.6 Å². The van der Waals surface area contributed by atoms with Gasteiger partial charge in [-0.3, -0.25) is 4.79 Å². The summed E-state index contributed by atoms with van der Waals surface area (Å²) < 4.78 is 5.17. The molecular weight excluding hydrogens is 212 g/mol. The van der Waals surface area contributed by atoms with Crippen LogP contribution in [0.25, 0.3) is 0 Å². The number of ether oxygens (including phenoxy) is 1. The molecule has 0 spiro atoms. The van der Waals surface area contributed by atoms with Crippen LogP contribution in [0.2, 0.25) is 0 Å². The molecule has 1 N–H and O–H groups in total. The molecule has 0 atom stereocenters. The molecule has 1 amide bonds. The molecule has 1 aromatic rings. The van der Waals surface area contributed by atoms with Crippen molar-refractivity contribution in [2.45, 2.75) is 26.4 Å². The topological polar surface area (TPSA) is 51.2 Å². The number of hydrogen-bond donors (Lipinski definition) is 1. The third-order valence-electron chi connectivity index (χ3n) is 1.69. The second-order valence-electron chi connectivity index (χ2n) is 3.39. The van der Waals surface area contributed by atoms with Crippen molar-refractivity contribution in [3.8, 4) is 0 Å². The molecule has 0 fully saturated rings. The maximum absolute atomic E-state index is 11.2. The van der Waals surface area contributed by atoms with Crippen LogP contribution >= 0.6 is 11.3 Å². The highest BCUT2D eigenvalue weighted by Crippen LogP contribution is 2.03. The summed E-state index contributed by atoms with van der Waals surface area (Å²) in [5.41, 5.74) is 0. The molecule has 84 valence electrons. The summed E-state index contributed by atoms with van der Waals surface area (Å²) in [7, 11) is 0. The van der Waals surface area contributed by atoms with E-state index in [1.807, 2.05) is 19.2 Å². The van der Waals surface area contributed by atoms with Gasteiger partial charge >= 0.3 is 0 Å². The SMILES string of the molecule is CC(C)OCC(=O)NCCc1nccs1. The maximum atomic E-state index is 11.2. The largest absolute Gasteiger partial charge is 0.369 e. The van der Waals surface area contributed by atoms with E-state index in [0.717, 1.165) is 11.4 Å². The van der Waals surface area contributed by atoms with Crippen LogP contribution in [0, 0.1) is 0 Å². The first-order valence-electron chi connectivity index (χ1n) is 4.95. The van der Waals surface area contributed by atoms with Crippen molar-refractivity contribution < 1.29 is 9.53 Å². The number of nitrogens with one attached hydrogen (secondary N) is 1. The van der Waals surface area contributed by atoms with Gasteiger partial charge in [-0.2, -0.15) is 0 Å². The third kappa shape index (κ3) is 5.49. The number of carbonyl (C=O) groups excluding carboxylic acids is 1. The van der Waals surface area contributed by atoms with Crippen molar-refractivity contribution in [2.24, 2.45) is 0 Å². The molecule has 0 bridgehead atoms. The fraction of sp³-hybridized carbons (Fsp3) is 0.600. The zero-order valence-corrected chi connectivity index (χ0v) is 9.84. The minimum absolute atomic E-state index is 0.0692. The van der Waals surface area contributed by atoms with E-state index in [4.69, 9.17) is 4.74 Å². The van der Waals surface area contributed by atoms with Crippen LogP contribution in [0.1, 0.15) is 18.9 Å². The quantitative estimate of drug-likeness (QED) is 0.796. The molecule has 1 aromatic heterocycles. The molecule has 0 aliphatic carbocycles. The van der Waals surface area contributed by atoms with E-state index in [9.17, 15) is 4.79 Å². The maximum Gasteiger partial charge on any atom is 0.246 e. The lowest BCUT2D eigenvalue weighted by atomic mass is 10.4. The van der Waals surface area contributed by atoms with Gasteiger partial charge in [-0.1, -0.05) is 0 Å². The Labute approximate surface area is 93.7 Å². The zero-order chi connectivity index (χ0) is 11.1. The first-order valence-corrected chi connectivity index (χ1v) is 5.83. The Morgan fingerprint density at radius 2 is 2.47 bits per heavy atom. The van der Waals surface area contributed by atoms with E-state index >= 15 is 0 Å². The number of amides is 1. The van der Waals surface area contributed by atoms with Gasteiger partial charge in [0, 0.05) is 24.5 Å². The Bertz CT molecular complexity index is 286. The first kappa shape index (κ1) is 12.1. The smallest absolute Gasteiger partial charge is 0.246 e. The fourth-order valence-electron chi connectivity index (χ4n) is 0.979. The Balaban J connectivity index is 2.07. The molecule has 5 heteroatoms. The lowest BCUT2D eigenvalue weighted by molar-refractivity contribution is -0.127. The van der Waals surface area contributed by atoms with Crippen molar-refractivity contribution in [2.75, 3.05) is 13.2 Å². The molecule has 0 aliphatic heterocycles. The van der Waals surface area contributed by atoms with Crippen molar-refractivity contribution in [1.82, 2.24) is 10.3 Å². The number of thiazole rings is 1. The number of nitrogens with zero attached hydrogens (tertiary/aromatic N) is 1. The van der Waals surface area contributed by atoms with Gasteiger partial charge in [-0.25, -0.2) is 4.98 Å². The van der Waals surface area contributed by atoms with Gasteiger partial charge in [-0.15, -0.1) is 11.3 Å². The summed E-state index contributed by atoms with van der Waals surface area (Å²) in [4.78, 5) is 15.3. The van der Waals surface area contributed by atoms with E-state index in [-0.39, 0.29) is 18.6 Å². The highest BCUT2D eigenvalue weighted by atomic mass is 32.1. The number of carbonyl (C=O) groups is 1. The molecule has 0 saturated heterocycles. The Morgan fingerprint density at radius 3 is 3.07 bits per heavy atom. The Kier molecular flexibility index (Phi) is 5.28. The predicted octanol–water partition coefficient (Wildman–Crippen LogP) is 1.23. The molecule has 0 unspecified atom stereocenters. The second kappa shape index (κ2) is 6.53. The number of rotatable bonds is 6. The summed E-state index contributed by atoms with van der Waals surface area (Å²) in [6, 6.07) is 0. The summed E-state index contributed by atoms with van der Waals surface area (Å²) in [6.07, 6.45) is 2.64. The van der Waals surface area contributed by atoms with Crippen LogP contribution in [0.15, 0.2) is 11.6 Å². The van der Waals surface area contributed by atoms with Crippen LogP contribution < -0.4 is 5.32 Å². The van der Waals surface area contributed by atoms with Gasteiger partial charge in [0.15, 0.2) is 0 Å². The van der Waals surface area contributed by atoms with Crippen molar-refractivity contribution >= 4 is 17.2 Å². The molecular formula is C10H16N2O2S. The molecule has 0 radical (unpaired) electrons. The third-order valence-corrected chi connectivity index (χ3v) is 2.53. The van der Waals surface area contributed by atoms with Gasteiger partial charge in [0.2, 0.25) is 5.91 Å². The summed E-state index contributed by atoms with van der Waals surface area (Å²) in [5.74, 6) is -0.0692. The highest BCUT2D eigenvalue weighted by Gasteiger charge is 2.03. The first-order chi connectivity index (χ1) is 7.18. The van der Waals surface area contributed by atoms with Crippen LogP contribution in [-0.4, -0.2) is 30.1 Å². The highest BCUT2D eigenvalue weighted by molar-refractivity contribution is 7.09. The average molecular weight is 228 g/mol. The number of aromatic nitrogens is 1. The second-order valence-corrected chi connectivity index (χ2v) is 4.36. The van der Waals surface area contributed by atoms with E-state index in [0.29, 0.717) is 6.54 Å². The van der Waals surface area contributed by atoms with Crippen LogP contribution in [0.3, 0.4) is 0 Å². The molecule has 1 heterocycles. The molecule has 1 rings (SSSR count).